The largest absolute Gasteiger partial charge is 0.489 e. The van der Waals surface area contributed by atoms with Gasteiger partial charge in [-0.2, -0.15) is 10.4 Å². The number of carbonyl (C=O) groups excluding carboxylic acids is 2. The van der Waals surface area contributed by atoms with Crippen molar-refractivity contribution in [3.8, 4) is 28.8 Å². The van der Waals surface area contributed by atoms with Gasteiger partial charge in [0.15, 0.2) is 0 Å². The molecular formula is C34H29FN4O3. The number of halogens is 1. The van der Waals surface area contributed by atoms with Gasteiger partial charge in [0, 0.05) is 28.9 Å². The molecule has 42 heavy (non-hydrogen) atoms. The van der Waals surface area contributed by atoms with Crippen LogP contribution < -0.4 is 4.74 Å². The summed E-state index contributed by atoms with van der Waals surface area (Å²) in [4.78, 5) is 27.8. The van der Waals surface area contributed by atoms with E-state index in [1.165, 1.54) is 17.0 Å². The molecule has 1 aliphatic rings. The second-order valence-corrected chi connectivity index (χ2v) is 10.1. The minimum absolute atomic E-state index is 0.0409. The minimum atomic E-state index is -0.567. The smallest absolute Gasteiger partial charge is 0.271 e. The number of nitrogens with zero attached hydrogens (tertiary/aromatic N) is 4. The van der Waals surface area contributed by atoms with E-state index in [4.69, 9.17) is 9.84 Å². The van der Waals surface area contributed by atoms with Crippen LogP contribution in [0.3, 0.4) is 0 Å². The Bertz CT molecular complexity index is 1730. The van der Waals surface area contributed by atoms with E-state index in [0.29, 0.717) is 35.6 Å². The Morgan fingerprint density at radius 2 is 1.69 bits per heavy atom. The van der Waals surface area contributed by atoms with Crippen LogP contribution in [0.1, 0.15) is 38.3 Å². The fourth-order valence-electron chi connectivity index (χ4n) is 4.72. The number of carbonyl (C=O) groups is 2. The van der Waals surface area contributed by atoms with Crippen molar-refractivity contribution in [1.82, 2.24) is 14.7 Å². The lowest BCUT2D eigenvalue weighted by Crippen LogP contribution is -2.47. The van der Waals surface area contributed by atoms with Crippen LogP contribution in [0, 0.1) is 17.1 Å². The number of nitriles is 1. The van der Waals surface area contributed by atoms with Crippen molar-refractivity contribution >= 4 is 17.9 Å². The maximum absolute atomic E-state index is 13.6. The first kappa shape index (κ1) is 28.2. The molecule has 1 aliphatic heterocycles. The van der Waals surface area contributed by atoms with E-state index >= 15 is 0 Å². The van der Waals surface area contributed by atoms with E-state index in [-0.39, 0.29) is 23.0 Å². The van der Waals surface area contributed by atoms with E-state index in [2.05, 4.69) is 0 Å². The van der Waals surface area contributed by atoms with Gasteiger partial charge in [-0.15, -0.1) is 0 Å². The van der Waals surface area contributed by atoms with Crippen LogP contribution >= 0.6 is 0 Å². The van der Waals surface area contributed by atoms with E-state index in [1.54, 1.807) is 36.7 Å². The topological polar surface area (TPSA) is 88.2 Å². The predicted octanol–water partition coefficient (Wildman–Crippen LogP) is 6.65. The molecule has 210 valence electrons. The normalized spacial score (nSPS) is 15.2. The average molecular weight is 561 g/mol. The zero-order valence-corrected chi connectivity index (χ0v) is 23.5. The Morgan fingerprint density at radius 3 is 2.33 bits per heavy atom. The predicted molar refractivity (Wildman–Crippen MR) is 158 cm³/mol. The van der Waals surface area contributed by atoms with Crippen LogP contribution in [0.4, 0.5) is 4.39 Å². The molecule has 1 atom stereocenters. The third kappa shape index (κ3) is 5.63. The maximum Gasteiger partial charge on any atom is 0.271 e. The molecule has 0 fully saturated rings. The van der Waals surface area contributed by atoms with Gasteiger partial charge in [-0.1, -0.05) is 37.3 Å². The molecule has 0 saturated carbocycles. The van der Waals surface area contributed by atoms with Gasteiger partial charge in [-0.05, 0) is 86.0 Å². The summed E-state index contributed by atoms with van der Waals surface area (Å²) in [5, 5.41) is 14.6. The molecule has 0 saturated heterocycles. The fraction of sp³-hybridized carbons (Fsp3) is 0.176. The first-order valence-corrected chi connectivity index (χ1v) is 13.6. The standard InChI is InChI=1S/C34H29FN4O3/c1-4-22(2)39-33(40)30(23(3)31(19-36)34(39)41)18-26-20-38(28-8-6-5-7-9-28)37-32(26)25-12-16-29(17-13-25)42-21-24-10-14-27(35)15-11-24/h5-18,20,22H,4,21H2,1-3H3/b30-18+. The van der Waals surface area contributed by atoms with E-state index < -0.39 is 11.8 Å². The number of para-hydroxylation sites is 1. The molecule has 0 aliphatic carbocycles. The van der Waals surface area contributed by atoms with Crippen molar-refractivity contribution in [1.29, 1.82) is 5.26 Å². The van der Waals surface area contributed by atoms with Crippen molar-refractivity contribution in [2.75, 3.05) is 0 Å². The Kier molecular flexibility index (Phi) is 8.12. The summed E-state index contributed by atoms with van der Waals surface area (Å²) in [5.41, 5.74) is 4.30. The molecule has 1 aromatic heterocycles. The van der Waals surface area contributed by atoms with Crippen molar-refractivity contribution in [3.63, 3.8) is 0 Å². The lowest BCUT2D eigenvalue weighted by atomic mass is 9.92. The van der Waals surface area contributed by atoms with Crippen LogP contribution in [-0.2, 0) is 16.2 Å². The number of rotatable bonds is 8. The number of ether oxygens (including phenoxy) is 1. The molecule has 7 nitrogen and oxygen atoms in total. The Balaban J connectivity index is 1.55. The molecule has 3 aromatic carbocycles. The van der Waals surface area contributed by atoms with Crippen molar-refractivity contribution < 1.29 is 18.7 Å². The molecule has 2 amide bonds. The summed E-state index contributed by atoms with van der Waals surface area (Å²) in [6.07, 6.45) is 4.10. The first-order chi connectivity index (χ1) is 20.3. The minimum Gasteiger partial charge on any atom is -0.489 e. The number of benzene rings is 3. The SMILES string of the molecule is CCC(C)N1C(=O)C(C#N)=C(C)/C(=C\c2cn(-c3ccccc3)nc2-c2ccc(OCc3ccc(F)cc3)cc2)C1=O. The molecule has 4 aromatic rings. The van der Waals surface area contributed by atoms with Crippen LogP contribution in [-0.4, -0.2) is 32.5 Å². The summed E-state index contributed by atoms with van der Waals surface area (Å²) >= 11 is 0. The Morgan fingerprint density at radius 1 is 1.00 bits per heavy atom. The molecule has 0 N–H and O–H groups in total. The zero-order valence-electron chi connectivity index (χ0n) is 23.5. The van der Waals surface area contributed by atoms with Gasteiger partial charge in [-0.25, -0.2) is 9.07 Å². The summed E-state index contributed by atoms with van der Waals surface area (Å²) in [5.74, 6) is -0.669. The highest BCUT2D eigenvalue weighted by Gasteiger charge is 2.37. The lowest BCUT2D eigenvalue weighted by Gasteiger charge is -2.31. The van der Waals surface area contributed by atoms with Crippen LogP contribution in [0.15, 0.2) is 102 Å². The Labute approximate surface area is 243 Å². The van der Waals surface area contributed by atoms with Gasteiger partial charge in [0.05, 0.1) is 11.4 Å². The fourth-order valence-corrected chi connectivity index (χ4v) is 4.72. The highest BCUT2D eigenvalue weighted by molar-refractivity contribution is 6.20. The van der Waals surface area contributed by atoms with Crippen LogP contribution in [0.2, 0.25) is 0 Å². The highest BCUT2D eigenvalue weighted by atomic mass is 19.1. The second-order valence-electron chi connectivity index (χ2n) is 10.1. The van der Waals surface area contributed by atoms with E-state index in [1.807, 2.05) is 73.8 Å². The quantitative estimate of drug-likeness (QED) is 0.178. The molecule has 0 radical (unpaired) electrons. The molecule has 2 heterocycles. The first-order valence-electron chi connectivity index (χ1n) is 13.6. The number of hydrogen-bond donors (Lipinski definition) is 0. The molecule has 8 heteroatoms. The van der Waals surface area contributed by atoms with Gasteiger partial charge >= 0.3 is 0 Å². The third-order valence-corrected chi connectivity index (χ3v) is 7.31. The van der Waals surface area contributed by atoms with Gasteiger partial charge in [0.25, 0.3) is 11.8 Å². The van der Waals surface area contributed by atoms with Crippen LogP contribution in [0.25, 0.3) is 23.0 Å². The number of hydrogen-bond acceptors (Lipinski definition) is 5. The molecule has 1 unspecified atom stereocenters. The third-order valence-electron chi connectivity index (χ3n) is 7.31. The number of amides is 2. The van der Waals surface area contributed by atoms with Crippen molar-refractivity contribution in [3.05, 3.63) is 119 Å². The monoisotopic (exact) mass is 560 g/mol. The van der Waals surface area contributed by atoms with E-state index in [0.717, 1.165) is 16.8 Å². The molecule has 0 bridgehead atoms. The maximum atomic E-state index is 13.6. The van der Waals surface area contributed by atoms with Crippen molar-refractivity contribution in [2.24, 2.45) is 0 Å². The highest BCUT2D eigenvalue weighted by Crippen LogP contribution is 2.32. The molecular weight excluding hydrogens is 531 g/mol. The molecule has 5 rings (SSSR count). The van der Waals surface area contributed by atoms with Gasteiger partial charge in [0.1, 0.15) is 29.8 Å². The van der Waals surface area contributed by atoms with E-state index in [9.17, 15) is 19.2 Å². The summed E-state index contributed by atoms with van der Waals surface area (Å²) in [7, 11) is 0. The van der Waals surface area contributed by atoms with Crippen molar-refractivity contribution in [2.45, 2.75) is 39.8 Å². The summed E-state index contributed by atoms with van der Waals surface area (Å²) in [6.45, 7) is 5.60. The van der Waals surface area contributed by atoms with Crippen LogP contribution in [0.5, 0.6) is 5.75 Å². The molecule has 0 spiro atoms. The van der Waals surface area contributed by atoms with Gasteiger partial charge in [0.2, 0.25) is 0 Å². The Hall–Kier alpha value is -5.29. The number of aromatic nitrogens is 2. The van der Waals surface area contributed by atoms with Gasteiger partial charge in [-0.3, -0.25) is 14.5 Å². The second kappa shape index (κ2) is 12.1. The van der Waals surface area contributed by atoms with Gasteiger partial charge < -0.3 is 4.74 Å². The zero-order chi connectivity index (χ0) is 29.8. The summed E-state index contributed by atoms with van der Waals surface area (Å²) < 4.78 is 20.8. The average Bonchev–Trinajstić information content (AvgIpc) is 3.44. The lowest BCUT2D eigenvalue weighted by molar-refractivity contribution is -0.142. The summed E-state index contributed by atoms with van der Waals surface area (Å²) in [6, 6.07) is 24.8. The number of imide groups is 1.